The van der Waals surface area contributed by atoms with Gasteiger partial charge < -0.3 is 24.5 Å². The molecule has 154 valence electrons. The molecule has 0 radical (unpaired) electrons. The van der Waals surface area contributed by atoms with Crippen LogP contribution in [0.3, 0.4) is 0 Å². The Morgan fingerprint density at radius 2 is 1.97 bits per heavy atom. The summed E-state index contributed by atoms with van der Waals surface area (Å²) < 4.78 is 16.0. The maximum Gasteiger partial charge on any atom is 0.374 e. The van der Waals surface area contributed by atoms with Crippen molar-refractivity contribution in [1.29, 1.82) is 0 Å². The normalized spacial score (nSPS) is 16.2. The number of thiophene rings is 1. The van der Waals surface area contributed by atoms with Crippen molar-refractivity contribution in [1.82, 2.24) is 10.6 Å². The van der Waals surface area contributed by atoms with Crippen LogP contribution in [0.25, 0.3) is 11.0 Å². The van der Waals surface area contributed by atoms with E-state index in [0.29, 0.717) is 5.58 Å². The van der Waals surface area contributed by atoms with Gasteiger partial charge in [0.15, 0.2) is 0 Å². The number of para-hydroxylation sites is 1. The van der Waals surface area contributed by atoms with Gasteiger partial charge in [0.1, 0.15) is 12.2 Å². The second kappa shape index (κ2) is 8.42. The highest BCUT2D eigenvalue weighted by molar-refractivity contribution is 7.10. The minimum Gasteiger partial charge on any atom is -0.463 e. The summed E-state index contributed by atoms with van der Waals surface area (Å²) in [6, 6.07) is 11.2. The Balaban J connectivity index is 1.61. The Bertz CT molecular complexity index is 1100. The number of carbonyl (C=O) groups excluding carboxylic acids is 3. The molecule has 0 fully saturated rings. The lowest BCUT2D eigenvalue weighted by atomic mass is 10.0. The van der Waals surface area contributed by atoms with E-state index >= 15 is 0 Å². The molecule has 3 aromatic rings. The van der Waals surface area contributed by atoms with E-state index in [1.54, 1.807) is 31.2 Å². The van der Waals surface area contributed by atoms with E-state index in [4.69, 9.17) is 13.9 Å². The van der Waals surface area contributed by atoms with Crippen LogP contribution in [0.2, 0.25) is 0 Å². The van der Waals surface area contributed by atoms with Crippen molar-refractivity contribution in [3.8, 4) is 0 Å². The smallest absolute Gasteiger partial charge is 0.374 e. The van der Waals surface area contributed by atoms with E-state index in [1.807, 2.05) is 23.6 Å². The Morgan fingerprint density at radius 3 is 2.70 bits per heavy atom. The molecule has 0 aliphatic carbocycles. The van der Waals surface area contributed by atoms with Crippen LogP contribution >= 0.6 is 11.3 Å². The first-order valence-electron chi connectivity index (χ1n) is 9.23. The third-order valence-electron chi connectivity index (χ3n) is 4.45. The quantitative estimate of drug-likeness (QED) is 0.584. The third-order valence-corrected chi connectivity index (χ3v) is 5.39. The first kappa shape index (κ1) is 19.7. The molecule has 8 nitrogen and oxygen atoms in total. The highest BCUT2D eigenvalue weighted by atomic mass is 32.1. The number of amides is 2. The third kappa shape index (κ3) is 3.92. The predicted octanol–water partition coefficient (Wildman–Crippen LogP) is 3.52. The average molecular weight is 426 g/mol. The molecule has 0 saturated heterocycles. The van der Waals surface area contributed by atoms with Crippen molar-refractivity contribution in [3.63, 3.8) is 0 Å². The Labute approximate surface area is 175 Å². The van der Waals surface area contributed by atoms with Gasteiger partial charge in [0.25, 0.3) is 0 Å². The van der Waals surface area contributed by atoms with E-state index in [2.05, 4.69) is 10.6 Å². The van der Waals surface area contributed by atoms with Crippen molar-refractivity contribution in [2.75, 3.05) is 13.2 Å². The number of ether oxygens (including phenoxy) is 2. The first-order chi connectivity index (χ1) is 14.6. The highest BCUT2D eigenvalue weighted by Crippen LogP contribution is 2.31. The molecule has 1 aromatic carbocycles. The monoisotopic (exact) mass is 426 g/mol. The van der Waals surface area contributed by atoms with Crippen LogP contribution in [0.4, 0.5) is 4.79 Å². The van der Waals surface area contributed by atoms with Crippen molar-refractivity contribution in [2.24, 2.45) is 0 Å². The molecule has 3 heterocycles. The second-order valence-corrected chi connectivity index (χ2v) is 7.36. The van der Waals surface area contributed by atoms with Gasteiger partial charge in [0.05, 0.1) is 23.9 Å². The molecule has 1 aliphatic heterocycles. The minimum absolute atomic E-state index is 0.0320. The van der Waals surface area contributed by atoms with Crippen LogP contribution in [0.1, 0.15) is 28.4 Å². The molecule has 1 unspecified atom stereocenters. The second-order valence-electron chi connectivity index (χ2n) is 6.38. The Morgan fingerprint density at radius 1 is 1.13 bits per heavy atom. The number of fused-ring (bicyclic) bond motifs is 1. The van der Waals surface area contributed by atoms with Gasteiger partial charge in [-0.1, -0.05) is 24.3 Å². The number of nitrogens with one attached hydrogen (secondary N) is 2. The maximum absolute atomic E-state index is 12.6. The van der Waals surface area contributed by atoms with Crippen LogP contribution < -0.4 is 10.6 Å². The molecule has 9 heteroatoms. The van der Waals surface area contributed by atoms with Crippen molar-refractivity contribution in [3.05, 3.63) is 69.8 Å². The minimum atomic E-state index is -0.706. The van der Waals surface area contributed by atoms with Crippen LogP contribution in [0.15, 0.2) is 63.5 Å². The van der Waals surface area contributed by atoms with Crippen molar-refractivity contribution in [2.45, 2.75) is 13.0 Å². The molecule has 0 bridgehead atoms. The number of rotatable bonds is 6. The van der Waals surface area contributed by atoms with Crippen LogP contribution in [0.5, 0.6) is 0 Å². The molecule has 0 saturated carbocycles. The molecule has 2 aromatic heterocycles. The largest absolute Gasteiger partial charge is 0.463 e. The first-order valence-corrected chi connectivity index (χ1v) is 10.1. The van der Waals surface area contributed by atoms with E-state index in [9.17, 15) is 14.4 Å². The van der Waals surface area contributed by atoms with Gasteiger partial charge in [0.2, 0.25) is 5.76 Å². The maximum atomic E-state index is 12.6. The van der Waals surface area contributed by atoms with Crippen molar-refractivity contribution >= 4 is 40.3 Å². The van der Waals surface area contributed by atoms with E-state index in [-0.39, 0.29) is 30.2 Å². The van der Waals surface area contributed by atoms with Gasteiger partial charge in [-0.25, -0.2) is 14.4 Å². The van der Waals surface area contributed by atoms with Gasteiger partial charge in [-0.15, -0.1) is 11.3 Å². The van der Waals surface area contributed by atoms with Gasteiger partial charge >= 0.3 is 18.0 Å². The summed E-state index contributed by atoms with van der Waals surface area (Å²) in [5.74, 6) is -1.27. The van der Waals surface area contributed by atoms with Gasteiger partial charge in [0, 0.05) is 10.3 Å². The SMILES string of the molecule is CCOC(=O)C1=C(COC(=O)c2cc3ccccc3o2)NC(=O)NC1c1cccs1. The molecule has 2 N–H and O–H groups in total. The lowest BCUT2D eigenvalue weighted by Crippen LogP contribution is -2.46. The zero-order chi connectivity index (χ0) is 21.1. The molecule has 0 spiro atoms. The Kier molecular flexibility index (Phi) is 5.53. The molecule has 4 rings (SSSR count). The lowest BCUT2D eigenvalue weighted by Gasteiger charge is -2.28. The summed E-state index contributed by atoms with van der Waals surface area (Å²) in [4.78, 5) is 38.0. The van der Waals surface area contributed by atoms with E-state index < -0.39 is 24.0 Å². The van der Waals surface area contributed by atoms with Gasteiger partial charge in [-0.2, -0.15) is 0 Å². The summed E-state index contributed by atoms with van der Waals surface area (Å²) in [5, 5.41) is 7.88. The summed E-state index contributed by atoms with van der Waals surface area (Å²) >= 11 is 1.39. The van der Waals surface area contributed by atoms with Crippen LogP contribution in [-0.2, 0) is 14.3 Å². The molecule has 1 atom stereocenters. The lowest BCUT2D eigenvalue weighted by molar-refractivity contribution is -0.139. The number of hydrogen-bond acceptors (Lipinski definition) is 7. The number of urea groups is 1. The van der Waals surface area contributed by atoms with Gasteiger partial charge in [-0.05, 0) is 30.5 Å². The van der Waals surface area contributed by atoms with E-state index in [0.717, 1.165) is 10.3 Å². The molecular weight excluding hydrogens is 408 g/mol. The highest BCUT2D eigenvalue weighted by Gasteiger charge is 2.34. The number of furan rings is 1. The standard InChI is InChI=1S/C21H18N2O6S/c1-2-27-20(25)17-13(22-21(26)23-18(17)16-8-5-9-30-16)11-28-19(24)15-10-12-6-3-4-7-14(12)29-15/h3-10,18H,2,11H2,1H3,(H2,22,23,26). The number of esters is 2. The molecule has 30 heavy (non-hydrogen) atoms. The zero-order valence-electron chi connectivity index (χ0n) is 16.0. The fourth-order valence-corrected chi connectivity index (χ4v) is 3.93. The molecule has 1 aliphatic rings. The number of hydrogen-bond donors (Lipinski definition) is 2. The summed E-state index contributed by atoms with van der Waals surface area (Å²) in [6.07, 6.45) is 0. The van der Waals surface area contributed by atoms with Crippen LogP contribution in [-0.4, -0.2) is 31.2 Å². The number of carbonyl (C=O) groups is 3. The fourth-order valence-electron chi connectivity index (χ4n) is 3.14. The molecular formula is C21H18N2O6S. The summed E-state index contributed by atoms with van der Waals surface area (Å²) in [5.41, 5.74) is 0.917. The van der Waals surface area contributed by atoms with Crippen LogP contribution in [0, 0.1) is 0 Å². The zero-order valence-corrected chi connectivity index (χ0v) is 16.8. The Hall–Kier alpha value is -3.59. The van der Waals surface area contributed by atoms with E-state index in [1.165, 1.54) is 11.3 Å². The summed E-state index contributed by atoms with van der Waals surface area (Å²) in [7, 11) is 0. The number of benzene rings is 1. The predicted molar refractivity (Wildman–Crippen MR) is 109 cm³/mol. The average Bonchev–Trinajstić information content (AvgIpc) is 3.41. The fraction of sp³-hybridized carbons (Fsp3) is 0.190. The van der Waals surface area contributed by atoms with Crippen molar-refractivity contribution < 1.29 is 28.3 Å². The van der Waals surface area contributed by atoms with Gasteiger partial charge in [-0.3, -0.25) is 0 Å². The summed E-state index contributed by atoms with van der Waals surface area (Å²) in [6.45, 7) is 1.54. The molecule has 2 amide bonds. The topological polar surface area (TPSA) is 107 Å².